The molecule has 1 aromatic heterocycles. The highest BCUT2D eigenvalue weighted by atomic mass is 15.3. The standard InChI is InChI=1S/C18H30N4/c1-15(2)22-10-5-4-8-17(22)16-7-6-9-19-18(16)21-13-11-20(3)12-14-21/h6-7,9,15,17H,4-5,8,10-14H2,1-3H3. The van der Waals surface area contributed by atoms with E-state index < -0.39 is 0 Å². The molecule has 4 heteroatoms. The lowest BCUT2D eigenvalue weighted by Crippen LogP contribution is -2.46. The van der Waals surface area contributed by atoms with Crippen molar-refractivity contribution in [2.75, 3.05) is 44.7 Å². The van der Waals surface area contributed by atoms with Crippen LogP contribution in [0.15, 0.2) is 18.3 Å². The topological polar surface area (TPSA) is 22.6 Å². The average molecular weight is 302 g/mol. The second kappa shape index (κ2) is 6.97. The summed E-state index contributed by atoms with van der Waals surface area (Å²) in [5.74, 6) is 1.23. The molecule has 2 aliphatic heterocycles. The molecule has 1 unspecified atom stereocenters. The van der Waals surface area contributed by atoms with E-state index in [1.165, 1.54) is 37.2 Å². The van der Waals surface area contributed by atoms with Crippen molar-refractivity contribution in [1.29, 1.82) is 0 Å². The summed E-state index contributed by atoms with van der Waals surface area (Å²) in [7, 11) is 2.21. The molecule has 0 saturated carbocycles. The van der Waals surface area contributed by atoms with Crippen molar-refractivity contribution in [2.45, 2.75) is 45.2 Å². The summed E-state index contributed by atoms with van der Waals surface area (Å²) in [5.41, 5.74) is 1.44. The number of likely N-dealkylation sites (tertiary alicyclic amines) is 1. The van der Waals surface area contributed by atoms with Crippen LogP contribution in [-0.2, 0) is 0 Å². The van der Waals surface area contributed by atoms with Gasteiger partial charge in [0.25, 0.3) is 0 Å². The third kappa shape index (κ3) is 3.28. The number of likely N-dealkylation sites (N-methyl/N-ethyl adjacent to an activating group) is 1. The Labute approximate surface area is 135 Å². The van der Waals surface area contributed by atoms with Crippen LogP contribution in [0.4, 0.5) is 5.82 Å². The minimum absolute atomic E-state index is 0.539. The van der Waals surface area contributed by atoms with Crippen LogP contribution in [0, 0.1) is 0 Å². The number of piperazine rings is 1. The summed E-state index contributed by atoms with van der Waals surface area (Å²) in [6, 6.07) is 5.57. The van der Waals surface area contributed by atoms with E-state index >= 15 is 0 Å². The Morgan fingerprint density at radius 3 is 2.59 bits per heavy atom. The zero-order valence-corrected chi connectivity index (χ0v) is 14.3. The van der Waals surface area contributed by atoms with Gasteiger partial charge in [-0.25, -0.2) is 4.98 Å². The molecule has 4 nitrogen and oxygen atoms in total. The summed E-state index contributed by atoms with van der Waals surface area (Å²) < 4.78 is 0. The van der Waals surface area contributed by atoms with Crippen molar-refractivity contribution < 1.29 is 0 Å². The van der Waals surface area contributed by atoms with Crippen LogP contribution < -0.4 is 4.90 Å². The predicted octanol–water partition coefficient (Wildman–Crippen LogP) is 2.77. The number of hydrogen-bond acceptors (Lipinski definition) is 4. The largest absolute Gasteiger partial charge is 0.354 e. The van der Waals surface area contributed by atoms with Crippen LogP contribution in [0.25, 0.3) is 0 Å². The second-order valence-electron chi connectivity index (χ2n) is 7.05. The van der Waals surface area contributed by atoms with Gasteiger partial charge in [-0.1, -0.05) is 12.5 Å². The number of hydrogen-bond donors (Lipinski definition) is 0. The van der Waals surface area contributed by atoms with Gasteiger partial charge in [0.1, 0.15) is 5.82 Å². The quantitative estimate of drug-likeness (QED) is 0.856. The molecule has 1 aromatic rings. The number of piperidine rings is 1. The number of rotatable bonds is 3. The normalized spacial score (nSPS) is 24.9. The van der Waals surface area contributed by atoms with Gasteiger partial charge in [0.05, 0.1) is 0 Å². The predicted molar refractivity (Wildman–Crippen MR) is 92.4 cm³/mol. The maximum Gasteiger partial charge on any atom is 0.133 e. The van der Waals surface area contributed by atoms with Gasteiger partial charge < -0.3 is 9.80 Å². The third-order valence-corrected chi connectivity index (χ3v) is 5.19. The van der Waals surface area contributed by atoms with Crippen LogP contribution in [-0.4, -0.2) is 60.6 Å². The first-order chi connectivity index (χ1) is 10.7. The molecule has 3 rings (SSSR count). The van der Waals surface area contributed by atoms with E-state index in [2.05, 4.69) is 47.7 Å². The molecule has 0 bridgehead atoms. The highest BCUT2D eigenvalue weighted by Gasteiger charge is 2.29. The highest BCUT2D eigenvalue weighted by molar-refractivity contribution is 5.49. The fraction of sp³-hybridized carbons (Fsp3) is 0.722. The first-order valence-corrected chi connectivity index (χ1v) is 8.81. The van der Waals surface area contributed by atoms with Crippen molar-refractivity contribution in [3.05, 3.63) is 23.9 Å². The van der Waals surface area contributed by atoms with Gasteiger partial charge >= 0.3 is 0 Å². The molecule has 0 radical (unpaired) electrons. The first-order valence-electron chi connectivity index (χ1n) is 8.81. The third-order valence-electron chi connectivity index (χ3n) is 5.19. The van der Waals surface area contributed by atoms with Gasteiger partial charge in [-0.2, -0.15) is 0 Å². The van der Waals surface area contributed by atoms with Crippen LogP contribution in [0.5, 0.6) is 0 Å². The van der Waals surface area contributed by atoms with E-state index in [0.717, 1.165) is 26.2 Å². The Kier molecular flexibility index (Phi) is 4.99. The average Bonchev–Trinajstić information content (AvgIpc) is 2.55. The fourth-order valence-electron chi connectivity index (χ4n) is 3.86. The van der Waals surface area contributed by atoms with Crippen molar-refractivity contribution in [1.82, 2.24) is 14.8 Å². The first kappa shape index (κ1) is 15.8. The monoisotopic (exact) mass is 302 g/mol. The highest BCUT2D eigenvalue weighted by Crippen LogP contribution is 2.36. The number of nitrogens with zero attached hydrogens (tertiary/aromatic N) is 4. The summed E-state index contributed by atoms with van der Waals surface area (Å²) in [6.45, 7) is 10.3. The van der Waals surface area contributed by atoms with Gasteiger partial charge in [0, 0.05) is 50.0 Å². The van der Waals surface area contributed by atoms with E-state index in [-0.39, 0.29) is 0 Å². The smallest absolute Gasteiger partial charge is 0.133 e. The van der Waals surface area contributed by atoms with E-state index in [1.807, 2.05) is 6.20 Å². The Morgan fingerprint density at radius 2 is 1.86 bits per heavy atom. The maximum atomic E-state index is 4.78. The van der Waals surface area contributed by atoms with Gasteiger partial charge in [0.2, 0.25) is 0 Å². The van der Waals surface area contributed by atoms with E-state index in [0.29, 0.717) is 12.1 Å². The van der Waals surface area contributed by atoms with Gasteiger partial charge in [-0.15, -0.1) is 0 Å². The number of pyridine rings is 1. The molecule has 2 fully saturated rings. The summed E-state index contributed by atoms with van der Waals surface area (Å²) in [5, 5.41) is 0. The minimum Gasteiger partial charge on any atom is -0.354 e. The zero-order valence-electron chi connectivity index (χ0n) is 14.3. The molecule has 2 saturated heterocycles. The molecule has 22 heavy (non-hydrogen) atoms. The lowest BCUT2D eigenvalue weighted by molar-refractivity contribution is 0.112. The second-order valence-corrected chi connectivity index (χ2v) is 7.05. The molecule has 0 amide bonds. The number of aromatic nitrogens is 1. The molecule has 0 spiro atoms. The number of anilines is 1. The zero-order chi connectivity index (χ0) is 15.5. The Morgan fingerprint density at radius 1 is 1.09 bits per heavy atom. The van der Waals surface area contributed by atoms with Crippen molar-refractivity contribution in [3.63, 3.8) is 0 Å². The Bertz CT molecular complexity index is 480. The molecular formula is C18H30N4. The van der Waals surface area contributed by atoms with Crippen molar-refractivity contribution in [3.8, 4) is 0 Å². The molecule has 122 valence electrons. The van der Waals surface area contributed by atoms with Crippen molar-refractivity contribution in [2.24, 2.45) is 0 Å². The lowest BCUT2D eigenvalue weighted by Gasteiger charge is -2.41. The van der Waals surface area contributed by atoms with Crippen LogP contribution in [0.2, 0.25) is 0 Å². The van der Waals surface area contributed by atoms with Gasteiger partial charge in [-0.05, 0) is 46.3 Å². The molecule has 1 atom stereocenters. The fourth-order valence-corrected chi connectivity index (χ4v) is 3.86. The van der Waals surface area contributed by atoms with Crippen LogP contribution >= 0.6 is 0 Å². The van der Waals surface area contributed by atoms with E-state index in [9.17, 15) is 0 Å². The maximum absolute atomic E-state index is 4.78. The Hall–Kier alpha value is -1.13. The van der Waals surface area contributed by atoms with Crippen LogP contribution in [0.3, 0.4) is 0 Å². The minimum atomic E-state index is 0.539. The lowest BCUT2D eigenvalue weighted by atomic mass is 9.94. The van der Waals surface area contributed by atoms with Gasteiger partial charge in [-0.3, -0.25) is 4.90 Å². The molecule has 0 N–H and O–H groups in total. The Balaban J connectivity index is 1.86. The molecule has 0 aliphatic carbocycles. The van der Waals surface area contributed by atoms with Crippen molar-refractivity contribution >= 4 is 5.82 Å². The molecule has 0 aromatic carbocycles. The van der Waals surface area contributed by atoms with Gasteiger partial charge in [0.15, 0.2) is 0 Å². The summed E-state index contributed by atoms with van der Waals surface area (Å²) in [6.07, 6.45) is 5.90. The molecular weight excluding hydrogens is 272 g/mol. The summed E-state index contributed by atoms with van der Waals surface area (Å²) >= 11 is 0. The molecule has 3 heterocycles. The van der Waals surface area contributed by atoms with E-state index in [4.69, 9.17) is 4.98 Å². The summed E-state index contributed by atoms with van der Waals surface area (Å²) in [4.78, 5) is 12.3. The van der Waals surface area contributed by atoms with E-state index in [1.54, 1.807) is 0 Å². The SMILES string of the molecule is CC(C)N1CCCCC1c1cccnc1N1CCN(C)CC1. The molecule has 2 aliphatic rings. The van der Waals surface area contributed by atoms with Crippen LogP contribution in [0.1, 0.15) is 44.7 Å².